The van der Waals surface area contributed by atoms with E-state index in [0.29, 0.717) is 12.1 Å². The van der Waals surface area contributed by atoms with E-state index < -0.39 is 5.60 Å². The molecule has 0 amide bonds. The van der Waals surface area contributed by atoms with Crippen LogP contribution >= 0.6 is 0 Å². The number of aliphatic hydroxyl groups is 1. The van der Waals surface area contributed by atoms with Gasteiger partial charge in [0.25, 0.3) is 0 Å². The molecule has 3 fully saturated rings. The predicted molar refractivity (Wildman–Crippen MR) is 98.5 cm³/mol. The number of nitrogens with zero attached hydrogens (tertiary/aromatic N) is 4. The third-order valence-corrected chi connectivity index (χ3v) is 6.27. The van der Waals surface area contributed by atoms with Gasteiger partial charge in [0.1, 0.15) is 0 Å². The van der Waals surface area contributed by atoms with Gasteiger partial charge in [-0.1, -0.05) is 6.42 Å². The number of anilines is 1. The lowest BCUT2D eigenvalue weighted by atomic mass is 9.79. The lowest BCUT2D eigenvalue weighted by molar-refractivity contribution is -0.111. The molecule has 6 heteroatoms. The average molecular weight is 345 g/mol. The summed E-state index contributed by atoms with van der Waals surface area (Å²) in [7, 11) is 0. The van der Waals surface area contributed by atoms with Gasteiger partial charge in [0.15, 0.2) is 0 Å². The fourth-order valence-corrected chi connectivity index (χ4v) is 4.99. The molecule has 6 nitrogen and oxygen atoms in total. The molecule has 1 aromatic heterocycles. The van der Waals surface area contributed by atoms with Gasteiger partial charge in [0.2, 0.25) is 5.95 Å². The van der Waals surface area contributed by atoms with Crippen LogP contribution in [0.3, 0.4) is 0 Å². The van der Waals surface area contributed by atoms with Gasteiger partial charge in [-0.15, -0.1) is 0 Å². The van der Waals surface area contributed by atoms with E-state index in [-0.39, 0.29) is 0 Å². The van der Waals surface area contributed by atoms with E-state index in [2.05, 4.69) is 25.1 Å². The number of nitrogens with one attached hydrogen (secondary N) is 1. The second-order valence-corrected chi connectivity index (χ2v) is 8.02. The van der Waals surface area contributed by atoms with Crippen LogP contribution in [-0.2, 0) is 0 Å². The lowest BCUT2D eigenvalue weighted by Gasteiger charge is -2.51. The second-order valence-electron chi connectivity index (χ2n) is 8.02. The molecule has 138 valence electrons. The number of piperidine rings is 3. The first kappa shape index (κ1) is 17.2. The van der Waals surface area contributed by atoms with Gasteiger partial charge >= 0.3 is 0 Å². The number of rotatable bonds is 4. The molecule has 0 spiro atoms. The molecular weight excluding hydrogens is 314 g/mol. The molecule has 3 saturated heterocycles. The van der Waals surface area contributed by atoms with Gasteiger partial charge in [-0.05, 0) is 57.7 Å². The van der Waals surface area contributed by atoms with Gasteiger partial charge in [-0.2, -0.15) is 0 Å². The summed E-state index contributed by atoms with van der Waals surface area (Å²) in [6.45, 7) is 5.27. The number of hydrogen-bond donors (Lipinski definition) is 2. The van der Waals surface area contributed by atoms with Gasteiger partial charge in [-0.25, -0.2) is 9.97 Å². The van der Waals surface area contributed by atoms with Crippen molar-refractivity contribution in [1.82, 2.24) is 19.8 Å². The average Bonchev–Trinajstić information content (AvgIpc) is 2.65. The van der Waals surface area contributed by atoms with Crippen LogP contribution in [0.4, 0.5) is 5.95 Å². The predicted octanol–water partition coefficient (Wildman–Crippen LogP) is 1.73. The highest BCUT2D eigenvalue weighted by molar-refractivity contribution is 5.24. The zero-order valence-corrected chi connectivity index (χ0v) is 15.1. The zero-order valence-electron chi connectivity index (χ0n) is 15.1. The Bertz CT molecular complexity index is 546. The third kappa shape index (κ3) is 3.96. The van der Waals surface area contributed by atoms with Crippen LogP contribution in [-0.4, -0.2) is 75.3 Å². The summed E-state index contributed by atoms with van der Waals surface area (Å²) < 4.78 is 0. The third-order valence-electron chi connectivity index (χ3n) is 6.27. The topological polar surface area (TPSA) is 64.5 Å². The van der Waals surface area contributed by atoms with Gasteiger partial charge in [0, 0.05) is 44.1 Å². The fraction of sp³-hybridized carbons (Fsp3) is 0.789. The van der Waals surface area contributed by atoms with E-state index in [4.69, 9.17) is 0 Å². The van der Waals surface area contributed by atoms with Crippen molar-refractivity contribution in [2.45, 2.75) is 62.6 Å². The zero-order chi connectivity index (χ0) is 17.1. The maximum atomic E-state index is 11.4. The van der Waals surface area contributed by atoms with Crippen molar-refractivity contribution in [3.63, 3.8) is 0 Å². The van der Waals surface area contributed by atoms with E-state index in [9.17, 15) is 5.11 Å². The summed E-state index contributed by atoms with van der Waals surface area (Å²) >= 11 is 0. The van der Waals surface area contributed by atoms with Crippen molar-refractivity contribution >= 4 is 5.95 Å². The van der Waals surface area contributed by atoms with E-state index in [1.165, 1.54) is 32.4 Å². The van der Waals surface area contributed by atoms with Crippen molar-refractivity contribution in [1.29, 1.82) is 0 Å². The van der Waals surface area contributed by atoms with Crippen LogP contribution in [0.5, 0.6) is 0 Å². The summed E-state index contributed by atoms with van der Waals surface area (Å²) in [6.07, 6.45) is 11.6. The van der Waals surface area contributed by atoms with Crippen LogP contribution < -0.4 is 5.32 Å². The molecule has 0 unspecified atom stereocenters. The summed E-state index contributed by atoms with van der Waals surface area (Å²) in [5.41, 5.74) is -0.512. The van der Waals surface area contributed by atoms with E-state index in [1.54, 1.807) is 12.4 Å². The van der Waals surface area contributed by atoms with E-state index in [0.717, 1.165) is 51.3 Å². The Balaban J connectivity index is 1.30. The number of β-amino-alcohol motifs (C(OH)–C–C–N with tert-alkyl or cyclic N) is 1. The minimum absolute atomic E-state index is 0.378. The minimum atomic E-state index is -0.512. The molecule has 4 rings (SSSR count). The van der Waals surface area contributed by atoms with Crippen molar-refractivity contribution in [3.05, 3.63) is 18.5 Å². The van der Waals surface area contributed by atoms with Gasteiger partial charge in [0.05, 0.1) is 5.60 Å². The fourth-order valence-electron chi connectivity index (χ4n) is 4.99. The minimum Gasteiger partial charge on any atom is -0.387 e. The first-order valence-electron chi connectivity index (χ1n) is 9.95. The Kier molecular flexibility index (Phi) is 5.20. The van der Waals surface area contributed by atoms with E-state index >= 15 is 0 Å². The summed E-state index contributed by atoms with van der Waals surface area (Å²) in [6, 6.07) is 2.65. The first-order valence-corrected chi connectivity index (χ1v) is 9.95. The molecule has 0 saturated carbocycles. The van der Waals surface area contributed by atoms with Crippen LogP contribution in [0, 0.1) is 0 Å². The number of aromatic nitrogens is 2. The summed E-state index contributed by atoms with van der Waals surface area (Å²) in [5, 5.41) is 14.8. The smallest absolute Gasteiger partial charge is 0.222 e. The van der Waals surface area contributed by atoms with Gasteiger partial charge in [-0.3, -0.25) is 4.90 Å². The molecule has 0 aromatic carbocycles. The van der Waals surface area contributed by atoms with Crippen LogP contribution in [0.2, 0.25) is 0 Å². The maximum Gasteiger partial charge on any atom is 0.222 e. The molecule has 1 aromatic rings. The molecule has 0 radical (unpaired) electrons. The summed E-state index contributed by atoms with van der Waals surface area (Å²) in [4.78, 5) is 13.5. The lowest BCUT2D eigenvalue weighted by Crippen LogP contribution is -2.63. The molecule has 0 aliphatic carbocycles. The quantitative estimate of drug-likeness (QED) is 0.866. The Morgan fingerprint density at radius 2 is 1.80 bits per heavy atom. The maximum absolute atomic E-state index is 11.4. The van der Waals surface area contributed by atoms with Crippen molar-refractivity contribution in [2.75, 3.05) is 38.0 Å². The number of hydrogen-bond acceptors (Lipinski definition) is 6. The number of likely N-dealkylation sites (tertiary alicyclic amines) is 1. The molecule has 2 atom stereocenters. The molecule has 25 heavy (non-hydrogen) atoms. The Hall–Kier alpha value is -1.24. The van der Waals surface area contributed by atoms with Crippen molar-refractivity contribution in [2.24, 2.45) is 0 Å². The molecule has 3 aliphatic heterocycles. The standard InChI is InChI=1S/C19H31N5O/c25-19(8-3-12-24-11-2-1-5-17(19)24)15-23-13-6-16(7-14-23)22-18-20-9-4-10-21-18/h4,9-10,16-17,25H,1-3,5-8,11-15H2,(H,20,21,22)/t17-,19-/m1/s1. The highest BCUT2D eigenvalue weighted by Gasteiger charge is 2.45. The molecule has 3 aliphatic rings. The van der Waals surface area contributed by atoms with Crippen LogP contribution in [0.1, 0.15) is 44.9 Å². The molecular formula is C19H31N5O. The highest BCUT2D eigenvalue weighted by atomic mass is 16.3. The second kappa shape index (κ2) is 7.56. The van der Waals surface area contributed by atoms with Crippen molar-refractivity contribution < 1.29 is 5.11 Å². The Morgan fingerprint density at radius 3 is 2.60 bits per heavy atom. The first-order chi connectivity index (χ1) is 12.2. The normalized spacial score (nSPS) is 32.3. The Morgan fingerprint density at radius 1 is 1.04 bits per heavy atom. The van der Waals surface area contributed by atoms with Crippen molar-refractivity contribution in [3.8, 4) is 0 Å². The number of fused-ring (bicyclic) bond motifs is 1. The van der Waals surface area contributed by atoms with Crippen LogP contribution in [0.25, 0.3) is 0 Å². The summed E-state index contributed by atoms with van der Waals surface area (Å²) in [5.74, 6) is 0.727. The molecule has 4 heterocycles. The SMILES string of the molecule is O[C@@]1(CN2CCC(Nc3ncccn3)CC2)CCCN2CCCC[C@@H]21. The molecule has 0 bridgehead atoms. The monoisotopic (exact) mass is 345 g/mol. The Labute approximate surface area is 150 Å². The highest BCUT2D eigenvalue weighted by Crippen LogP contribution is 2.35. The van der Waals surface area contributed by atoms with Gasteiger partial charge < -0.3 is 15.3 Å². The van der Waals surface area contributed by atoms with E-state index in [1.807, 2.05) is 6.07 Å². The molecule has 2 N–H and O–H groups in total. The largest absolute Gasteiger partial charge is 0.387 e. The van der Waals surface area contributed by atoms with Crippen LogP contribution in [0.15, 0.2) is 18.5 Å².